The van der Waals surface area contributed by atoms with Crippen molar-refractivity contribution in [3.8, 4) is 0 Å². The number of ether oxygens (including phenoxy) is 1. The molecule has 108 valence electrons. The minimum atomic E-state index is -1.43. The lowest BCUT2D eigenvalue weighted by Crippen LogP contribution is -2.55. The van der Waals surface area contributed by atoms with Crippen LogP contribution >= 0.6 is 0 Å². The van der Waals surface area contributed by atoms with E-state index >= 15 is 0 Å². The van der Waals surface area contributed by atoms with Crippen LogP contribution in [-0.4, -0.2) is 64.4 Å². The summed E-state index contributed by atoms with van der Waals surface area (Å²) in [6, 6.07) is -2.02. The zero-order valence-corrected chi connectivity index (χ0v) is 10.8. The Kier molecular flexibility index (Phi) is 5.11. The van der Waals surface area contributed by atoms with Crippen LogP contribution in [-0.2, 0) is 14.3 Å². The van der Waals surface area contributed by atoms with Crippen molar-refractivity contribution >= 4 is 18.0 Å². The minimum Gasteiger partial charge on any atom is -0.481 e. The van der Waals surface area contributed by atoms with E-state index in [1.54, 1.807) is 0 Å². The van der Waals surface area contributed by atoms with Gasteiger partial charge in [0, 0.05) is 13.1 Å². The molecule has 0 radical (unpaired) electrons. The van der Waals surface area contributed by atoms with Crippen molar-refractivity contribution in [3.05, 3.63) is 0 Å². The van der Waals surface area contributed by atoms with Gasteiger partial charge in [-0.05, 0) is 13.8 Å². The number of carbonyl (C=O) groups excluding carboxylic acids is 1. The number of urea groups is 1. The minimum absolute atomic E-state index is 0.141. The molecule has 19 heavy (non-hydrogen) atoms. The molecule has 1 aliphatic heterocycles. The first-order valence-corrected chi connectivity index (χ1v) is 5.95. The van der Waals surface area contributed by atoms with E-state index in [0.717, 1.165) is 0 Å². The van der Waals surface area contributed by atoms with Crippen LogP contribution in [0, 0.1) is 0 Å². The average molecular weight is 274 g/mol. The summed E-state index contributed by atoms with van der Waals surface area (Å²) in [4.78, 5) is 34.7. The van der Waals surface area contributed by atoms with Crippen LogP contribution in [0.25, 0.3) is 0 Å². The van der Waals surface area contributed by atoms with E-state index in [1.165, 1.54) is 4.90 Å². The van der Waals surface area contributed by atoms with Crippen molar-refractivity contribution in [2.75, 3.05) is 13.1 Å². The fraction of sp³-hybridized carbons (Fsp3) is 0.727. The Hall–Kier alpha value is -1.83. The van der Waals surface area contributed by atoms with Crippen LogP contribution in [0.3, 0.4) is 0 Å². The van der Waals surface area contributed by atoms with Gasteiger partial charge in [0.2, 0.25) is 0 Å². The summed E-state index contributed by atoms with van der Waals surface area (Å²) < 4.78 is 5.45. The molecule has 8 heteroatoms. The van der Waals surface area contributed by atoms with E-state index in [-0.39, 0.29) is 12.2 Å². The normalized spacial score (nSPS) is 24.6. The maximum absolute atomic E-state index is 11.9. The molecule has 2 unspecified atom stereocenters. The summed E-state index contributed by atoms with van der Waals surface area (Å²) in [5.41, 5.74) is 0. The Morgan fingerprint density at radius 1 is 1.26 bits per heavy atom. The zero-order valence-electron chi connectivity index (χ0n) is 10.8. The van der Waals surface area contributed by atoms with Crippen molar-refractivity contribution < 1.29 is 29.3 Å². The lowest BCUT2D eigenvalue weighted by Gasteiger charge is -2.35. The molecule has 0 spiro atoms. The second kappa shape index (κ2) is 6.37. The molecular formula is C11H18N2O6. The number of carboxylic acid groups (broad SMARTS) is 2. The van der Waals surface area contributed by atoms with Gasteiger partial charge in [0.25, 0.3) is 0 Å². The summed E-state index contributed by atoms with van der Waals surface area (Å²) in [5.74, 6) is -2.65. The average Bonchev–Trinajstić information content (AvgIpc) is 2.25. The van der Waals surface area contributed by atoms with E-state index in [9.17, 15) is 14.4 Å². The summed E-state index contributed by atoms with van der Waals surface area (Å²) in [7, 11) is 0. The number of rotatable bonds is 4. The fourth-order valence-corrected chi connectivity index (χ4v) is 1.96. The Morgan fingerprint density at radius 2 is 1.79 bits per heavy atom. The number of amides is 2. The van der Waals surface area contributed by atoms with Gasteiger partial charge in [0.15, 0.2) is 0 Å². The predicted octanol–water partition coefficient (Wildman–Crippen LogP) is -0.267. The highest BCUT2D eigenvalue weighted by molar-refractivity contribution is 5.86. The van der Waals surface area contributed by atoms with Crippen LogP contribution in [0.1, 0.15) is 20.3 Å². The topological polar surface area (TPSA) is 116 Å². The van der Waals surface area contributed by atoms with E-state index in [1.807, 2.05) is 13.8 Å². The monoisotopic (exact) mass is 274 g/mol. The molecule has 0 bridgehead atoms. The third kappa shape index (κ3) is 4.74. The van der Waals surface area contributed by atoms with Crippen molar-refractivity contribution in [1.29, 1.82) is 0 Å². The van der Waals surface area contributed by atoms with Gasteiger partial charge in [0.05, 0.1) is 18.6 Å². The standard InChI is InChI=1S/C11H18N2O6/c1-6-4-13(5-7(2)19-6)11(18)12-8(10(16)17)3-9(14)15/h6-8H,3-5H2,1-2H3,(H,12,18)(H,14,15)(H,16,17)/t6?,7?,8-/m1/s1. The number of hydrogen-bond acceptors (Lipinski definition) is 4. The molecule has 0 aliphatic carbocycles. The van der Waals surface area contributed by atoms with Crippen molar-refractivity contribution in [2.24, 2.45) is 0 Å². The maximum atomic E-state index is 11.9. The molecule has 0 aromatic rings. The van der Waals surface area contributed by atoms with Gasteiger partial charge in [0.1, 0.15) is 6.04 Å². The zero-order chi connectivity index (χ0) is 14.6. The molecule has 3 N–H and O–H groups in total. The third-order valence-corrected chi connectivity index (χ3v) is 2.68. The summed E-state index contributed by atoms with van der Waals surface area (Å²) >= 11 is 0. The molecule has 2 amide bonds. The largest absolute Gasteiger partial charge is 0.481 e. The number of carboxylic acids is 2. The van der Waals surface area contributed by atoms with Gasteiger partial charge < -0.3 is 25.2 Å². The molecule has 1 saturated heterocycles. The Morgan fingerprint density at radius 3 is 2.21 bits per heavy atom. The van der Waals surface area contributed by atoms with Gasteiger partial charge in [-0.15, -0.1) is 0 Å². The summed E-state index contributed by atoms with van der Waals surface area (Å²) in [6.07, 6.45) is -0.939. The van der Waals surface area contributed by atoms with Crippen LogP contribution in [0.4, 0.5) is 4.79 Å². The smallest absolute Gasteiger partial charge is 0.326 e. The first kappa shape index (κ1) is 15.2. The van der Waals surface area contributed by atoms with E-state index in [4.69, 9.17) is 14.9 Å². The van der Waals surface area contributed by atoms with Gasteiger partial charge >= 0.3 is 18.0 Å². The first-order valence-electron chi connectivity index (χ1n) is 5.95. The molecule has 8 nitrogen and oxygen atoms in total. The highest BCUT2D eigenvalue weighted by atomic mass is 16.5. The first-order chi connectivity index (χ1) is 8.79. The van der Waals surface area contributed by atoms with Gasteiger partial charge in [-0.1, -0.05) is 0 Å². The second-order valence-corrected chi connectivity index (χ2v) is 4.60. The van der Waals surface area contributed by atoms with Crippen molar-refractivity contribution in [1.82, 2.24) is 10.2 Å². The number of nitrogens with zero attached hydrogens (tertiary/aromatic N) is 1. The van der Waals surface area contributed by atoms with Crippen molar-refractivity contribution in [2.45, 2.75) is 38.5 Å². The number of nitrogens with one attached hydrogen (secondary N) is 1. The van der Waals surface area contributed by atoms with Crippen LogP contribution in [0.2, 0.25) is 0 Å². The SMILES string of the molecule is CC1CN(C(=O)N[C@H](CC(=O)O)C(=O)O)CC(C)O1. The summed E-state index contributed by atoms with van der Waals surface area (Å²) in [6.45, 7) is 4.30. The molecule has 1 fully saturated rings. The molecule has 1 aliphatic rings. The van der Waals surface area contributed by atoms with Crippen LogP contribution in [0.5, 0.6) is 0 Å². The predicted molar refractivity (Wildman–Crippen MR) is 63.8 cm³/mol. The Balaban J connectivity index is 2.61. The Labute approximate surface area is 110 Å². The molecule has 0 aromatic heterocycles. The molecule has 1 rings (SSSR count). The molecule has 0 aromatic carbocycles. The quantitative estimate of drug-likeness (QED) is 0.650. The molecule has 1 heterocycles. The Bertz CT molecular complexity index is 362. The second-order valence-electron chi connectivity index (χ2n) is 4.60. The van der Waals surface area contributed by atoms with Crippen LogP contribution < -0.4 is 5.32 Å². The number of hydrogen-bond donors (Lipinski definition) is 3. The third-order valence-electron chi connectivity index (χ3n) is 2.68. The highest BCUT2D eigenvalue weighted by Crippen LogP contribution is 2.11. The molecular weight excluding hydrogens is 256 g/mol. The van der Waals surface area contributed by atoms with E-state index in [0.29, 0.717) is 13.1 Å². The lowest BCUT2D eigenvalue weighted by molar-refractivity contribution is -0.145. The van der Waals surface area contributed by atoms with Crippen LogP contribution in [0.15, 0.2) is 0 Å². The van der Waals surface area contributed by atoms with Gasteiger partial charge in [-0.3, -0.25) is 4.79 Å². The number of morpholine rings is 1. The molecule has 0 saturated carbocycles. The highest BCUT2D eigenvalue weighted by Gasteiger charge is 2.29. The number of aliphatic carboxylic acids is 2. The fourth-order valence-electron chi connectivity index (χ4n) is 1.96. The van der Waals surface area contributed by atoms with E-state index in [2.05, 4.69) is 5.32 Å². The maximum Gasteiger partial charge on any atom is 0.326 e. The summed E-state index contributed by atoms with van der Waals surface area (Å²) in [5, 5.41) is 19.7. The van der Waals surface area contributed by atoms with Gasteiger partial charge in [-0.25, -0.2) is 9.59 Å². The molecule has 3 atom stereocenters. The number of carbonyl (C=O) groups is 3. The van der Waals surface area contributed by atoms with Crippen molar-refractivity contribution in [3.63, 3.8) is 0 Å². The van der Waals surface area contributed by atoms with E-state index < -0.39 is 30.4 Å². The lowest BCUT2D eigenvalue weighted by atomic mass is 10.2. The van der Waals surface area contributed by atoms with Gasteiger partial charge in [-0.2, -0.15) is 0 Å².